The Morgan fingerprint density at radius 1 is 0.558 bits per heavy atom. The largest absolute Gasteiger partial charge is 0.507 e. The third-order valence-corrected chi connectivity index (χ3v) is 9.91. The van der Waals surface area contributed by atoms with E-state index in [-0.39, 0.29) is 56.7 Å². The number of halogens is 2. The number of ketones is 2. The zero-order chi connectivity index (χ0) is 37.8. The first-order valence-corrected chi connectivity index (χ1v) is 17.5. The fraction of sp³-hybridized carbons (Fsp3) is 0.190. The summed E-state index contributed by atoms with van der Waals surface area (Å²) in [6, 6.07) is 17.2. The molecule has 0 bridgehead atoms. The molecule has 4 aromatic rings. The number of phenols is 2. The molecule has 266 valence electrons. The number of aryl methyl sites for hydroxylation is 2. The van der Waals surface area contributed by atoms with Crippen LogP contribution in [0.2, 0.25) is 10.0 Å². The first-order chi connectivity index (χ1) is 24.6. The topological polar surface area (TPSA) is 139 Å². The van der Waals surface area contributed by atoms with E-state index in [1.165, 1.54) is 12.4 Å². The Bertz CT molecular complexity index is 2130. The van der Waals surface area contributed by atoms with Crippen LogP contribution in [0, 0.1) is 25.7 Å². The maximum absolute atomic E-state index is 13.8. The van der Waals surface area contributed by atoms with Crippen molar-refractivity contribution in [2.45, 2.75) is 41.5 Å². The highest BCUT2D eigenvalue weighted by atomic mass is 35.5. The summed E-state index contributed by atoms with van der Waals surface area (Å²) in [5.41, 5.74) is 4.93. The van der Waals surface area contributed by atoms with Gasteiger partial charge in [0.25, 0.3) is 0 Å². The predicted molar refractivity (Wildman–Crippen MR) is 210 cm³/mol. The number of rotatable bonds is 7. The van der Waals surface area contributed by atoms with E-state index < -0.39 is 23.1 Å². The quantitative estimate of drug-likeness (QED) is 0.103. The van der Waals surface area contributed by atoms with E-state index in [1.807, 2.05) is 27.7 Å². The highest BCUT2D eigenvalue weighted by Crippen LogP contribution is 2.53. The van der Waals surface area contributed by atoms with Gasteiger partial charge in [-0.25, -0.2) is 0 Å². The van der Waals surface area contributed by atoms with Crippen LogP contribution in [0.1, 0.15) is 61.1 Å². The number of fused-ring (bicyclic) bond motifs is 2. The first-order valence-electron chi connectivity index (χ1n) is 16.8. The van der Waals surface area contributed by atoms with E-state index in [1.54, 1.807) is 74.5 Å². The maximum atomic E-state index is 13.8. The molecular formula is C42H38Cl2N2O6. The minimum absolute atomic E-state index is 0.0126. The molecule has 6 rings (SSSR count). The predicted octanol–water partition coefficient (Wildman–Crippen LogP) is 10.6. The number of carbonyl (C=O) groups is 2. The average molecular weight is 738 g/mol. The summed E-state index contributed by atoms with van der Waals surface area (Å²) >= 11 is 12.1. The lowest BCUT2D eigenvalue weighted by atomic mass is 9.75. The third-order valence-electron chi connectivity index (χ3n) is 9.40. The molecule has 0 fully saturated rings. The van der Waals surface area contributed by atoms with Gasteiger partial charge in [-0.2, -0.15) is 0 Å². The van der Waals surface area contributed by atoms with Crippen molar-refractivity contribution in [3.8, 4) is 22.6 Å². The van der Waals surface area contributed by atoms with E-state index in [0.29, 0.717) is 54.8 Å². The zero-order valence-electron chi connectivity index (χ0n) is 29.4. The minimum Gasteiger partial charge on any atom is -0.507 e. The van der Waals surface area contributed by atoms with Gasteiger partial charge in [-0.1, -0.05) is 63.0 Å². The van der Waals surface area contributed by atoms with Crippen molar-refractivity contribution in [2.75, 3.05) is 10.6 Å². The number of hydrogen-bond donors (Lipinski definition) is 6. The third kappa shape index (κ3) is 6.22. The molecular weight excluding hydrogens is 699 g/mol. The summed E-state index contributed by atoms with van der Waals surface area (Å²) in [7, 11) is 0. The second-order valence-electron chi connectivity index (χ2n) is 13.6. The Morgan fingerprint density at radius 3 is 1.19 bits per heavy atom. The summed E-state index contributed by atoms with van der Waals surface area (Å²) in [6.45, 7) is 10.9. The number of aliphatic hydroxyl groups excluding tert-OH is 2. The number of anilines is 2. The standard InChI is InChI=1S/C42H38Cl2N2O6/c1-19(2)31-27-15-21(5)33(39(49)35(27)29(37(47)41(31)51)17-45-25-11-7-23(43)8-12-25)34-22(6)16-28-32(20(3)4)42(52)38(48)30(36(28)40(34)50)18-46-26-13-9-24(44)10-14-26/h7-20,45-46,49-52H,1-6H3. The molecule has 0 saturated heterocycles. The molecule has 0 amide bonds. The number of benzene rings is 4. The summed E-state index contributed by atoms with van der Waals surface area (Å²) in [4.78, 5) is 27.6. The van der Waals surface area contributed by atoms with Crippen molar-refractivity contribution >= 4 is 68.4 Å². The minimum atomic E-state index is -0.680. The lowest BCUT2D eigenvalue weighted by Gasteiger charge is -2.29. The van der Waals surface area contributed by atoms with E-state index in [0.717, 1.165) is 0 Å². The fourth-order valence-corrected chi connectivity index (χ4v) is 7.28. The van der Waals surface area contributed by atoms with Gasteiger partial charge >= 0.3 is 0 Å². The van der Waals surface area contributed by atoms with Crippen molar-refractivity contribution in [1.82, 2.24) is 0 Å². The monoisotopic (exact) mass is 736 g/mol. The molecule has 0 aromatic heterocycles. The number of allylic oxidation sites excluding steroid dienone is 4. The summed E-state index contributed by atoms with van der Waals surface area (Å²) in [6.07, 6.45) is 2.86. The van der Waals surface area contributed by atoms with E-state index in [4.69, 9.17) is 23.2 Å². The van der Waals surface area contributed by atoms with E-state index in [9.17, 15) is 30.0 Å². The first kappa shape index (κ1) is 36.4. The van der Waals surface area contributed by atoms with Crippen LogP contribution in [0.5, 0.6) is 11.5 Å². The highest BCUT2D eigenvalue weighted by molar-refractivity contribution is 6.35. The second kappa shape index (κ2) is 13.9. The number of carbonyl (C=O) groups excluding carboxylic acids is 2. The molecule has 0 atom stereocenters. The number of Topliss-reactive ketones (excluding diaryl/α,β-unsaturated/α-hetero) is 2. The normalized spacial score (nSPS) is 16.0. The molecule has 0 radical (unpaired) electrons. The number of phenolic OH excluding ortho intramolecular Hbond substituents is 2. The van der Waals surface area contributed by atoms with Crippen LogP contribution < -0.4 is 10.6 Å². The molecule has 10 heteroatoms. The number of nitrogens with one attached hydrogen (secondary N) is 2. The van der Waals surface area contributed by atoms with Crippen LogP contribution in [-0.4, -0.2) is 32.0 Å². The van der Waals surface area contributed by atoms with E-state index in [2.05, 4.69) is 10.6 Å². The van der Waals surface area contributed by atoms with Gasteiger partial charge in [0.15, 0.2) is 11.5 Å². The van der Waals surface area contributed by atoms with Gasteiger partial charge in [0.2, 0.25) is 11.6 Å². The number of hydrogen-bond acceptors (Lipinski definition) is 8. The Balaban J connectivity index is 1.62. The van der Waals surface area contributed by atoms with Gasteiger partial charge in [0.1, 0.15) is 11.5 Å². The highest BCUT2D eigenvalue weighted by Gasteiger charge is 2.38. The molecule has 52 heavy (non-hydrogen) atoms. The van der Waals surface area contributed by atoms with Crippen LogP contribution in [0.25, 0.3) is 33.4 Å². The van der Waals surface area contributed by atoms with Crippen LogP contribution in [0.3, 0.4) is 0 Å². The van der Waals surface area contributed by atoms with Crippen LogP contribution >= 0.6 is 23.2 Å². The van der Waals surface area contributed by atoms with Gasteiger partial charge in [-0.15, -0.1) is 0 Å². The van der Waals surface area contributed by atoms with Gasteiger partial charge in [0, 0.05) is 67.2 Å². The van der Waals surface area contributed by atoms with Crippen LogP contribution in [0.15, 0.2) is 84.6 Å². The summed E-state index contributed by atoms with van der Waals surface area (Å²) in [5, 5.41) is 54.2. The molecule has 6 N–H and O–H groups in total. The van der Waals surface area contributed by atoms with Crippen LogP contribution in [-0.2, 0) is 9.59 Å². The zero-order valence-corrected chi connectivity index (χ0v) is 31.0. The van der Waals surface area contributed by atoms with Crippen molar-refractivity contribution in [2.24, 2.45) is 11.8 Å². The molecule has 0 spiro atoms. The summed E-state index contributed by atoms with van der Waals surface area (Å²) in [5.74, 6) is -3.33. The van der Waals surface area contributed by atoms with Crippen molar-refractivity contribution < 1.29 is 30.0 Å². The van der Waals surface area contributed by atoms with Gasteiger partial charge in [-0.3, -0.25) is 9.59 Å². The molecule has 2 aliphatic carbocycles. The Hall–Kier alpha value is -5.44. The molecule has 2 aliphatic rings. The molecule has 0 heterocycles. The van der Waals surface area contributed by atoms with Crippen molar-refractivity contribution in [3.63, 3.8) is 0 Å². The van der Waals surface area contributed by atoms with E-state index >= 15 is 0 Å². The Morgan fingerprint density at radius 2 is 0.885 bits per heavy atom. The van der Waals surface area contributed by atoms with Gasteiger partial charge in [-0.05, 0) is 96.5 Å². The lowest BCUT2D eigenvalue weighted by molar-refractivity contribution is -0.113. The summed E-state index contributed by atoms with van der Waals surface area (Å²) < 4.78 is 0. The van der Waals surface area contributed by atoms with Crippen LogP contribution in [0.4, 0.5) is 11.4 Å². The Labute approximate surface area is 312 Å². The van der Waals surface area contributed by atoms with Gasteiger partial charge < -0.3 is 31.1 Å². The molecule has 8 nitrogen and oxygen atoms in total. The van der Waals surface area contributed by atoms with Crippen molar-refractivity contribution in [1.29, 1.82) is 0 Å². The fourth-order valence-electron chi connectivity index (χ4n) is 7.03. The number of aliphatic hydroxyl groups is 2. The molecule has 0 saturated carbocycles. The second-order valence-corrected chi connectivity index (χ2v) is 14.5. The smallest absolute Gasteiger partial charge is 0.229 e. The lowest BCUT2D eigenvalue weighted by Crippen LogP contribution is -2.20. The SMILES string of the molecule is Cc1cc2c(c(O)c1-c1c(C)cc3c(c1O)C(=CNc1ccc(Cl)cc1)C(=O)C(O)=C3C(C)C)C(=CNc1ccc(Cl)cc1)C(=O)C(O)=C2C(C)C. The number of aromatic hydroxyl groups is 2. The van der Waals surface area contributed by atoms with Gasteiger partial charge in [0.05, 0.1) is 11.1 Å². The molecule has 4 aromatic carbocycles. The maximum Gasteiger partial charge on any atom is 0.229 e. The molecule has 0 aliphatic heterocycles. The Kier molecular flexibility index (Phi) is 9.75. The molecule has 0 unspecified atom stereocenters. The average Bonchev–Trinajstić information content (AvgIpc) is 3.08. The van der Waals surface area contributed by atoms with Crippen molar-refractivity contribution in [3.05, 3.63) is 128 Å².